The van der Waals surface area contributed by atoms with Crippen LogP contribution in [-0.2, 0) is 0 Å². The Labute approximate surface area is 770 Å². The van der Waals surface area contributed by atoms with Gasteiger partial charge in [-0.25, -0.2) is 0 Å². The summed E-state index contributed by atoms with van der Waals surface area (Å²) in [6.07, 6.45) is 0. The summed E-state index contributed by atoms with van der Waals surface area (Å²) in [7, 11) is 0. The van der Waals surface area contributed by atoms with Crippen LogP contribution in [0.1, 0.15) is 0 Å². The molecule has 616 valence electrons. The first-order chi connectivity index (χ1) is 65.5. The Morgan fingerprint density at radius 2 is 0.227 bits per heavy atom. The SMILES string of the molecule is c1ccc(-c2cc(-c3c4ccccc4c(-c4cc(-c5ccccc5)c(-c5ccccc5)c(-c5ccccc5)c4)c4cc5ccccc5cc34)cc(-c3ccccc3)c2-c2ccccc2)cc1.c1ccc(-c2cc(-c3ccccc3)c(-c3c4ccccc4c(-c4cc(-c5ccccc5)c(-c5ccccc5)cc4-c4ccccc4)c4cc5ccccc5cc34)cc2-c2ccccc2)cc1. The molecule has 0 saturated heterocycles. The van der Waals surface area contributed by atoms with E-state index in [2.05, 4.69) is 534 Å². The van der Waals surface area contributed by atoms with E-state index in [1.54, 1.807) is 0 Å². The van der Waals surface area contributed by atoms with E-state index in [0.717, 1.165) is 0 Å². The lowest BCUT2D eigenvalue weighted by molar-refractivity contribution is 1.55. The van der Waals surface area contributed by atoms with Crippen molar-refractivity contribution >= 4 is 64.6 Å². The third kappa shape index (κ3) is 15.0. The van der Waals surface area contributed by atoms with Crippen molar-refractivity contribution in [2.24, 2.45) is 0 Å². The van der Waals surface area contributed by atoms with E-state index in [9.17, 15) is 0 Å². The van der Waals surface area contributed by atoms with Gasteiger partial charge >= 0.3 is 0 Å². The summed E-state index contributed by atoms with van der Waals surface area (Å²) in [6.45, 7) is 0. The van der Waals surface area contributed by atoms with Gasteiger partial charge in [0.05, 0.1) is 0 Å². The van der Waals surface area contributed by atoms with Crippen LogP contribution < -0.4 is 0 Å². The molecule has 0 aromatic heterocycles. The zero-order chi connectivity index (χ0) is 87.6. The Bertz CT molecular complexity index is 7760. The topological polar surface area (TPSA) is 0 Å². The largest absolute Gasteiger partial charge is 0.0622 e. The van der Waals surface area contributed by atoms with Gasteiger partial charge in [-0.3, -0.25) is 0 Å². The fourth-order valence-corrected chi connectivity index (χ4v) is 20.5. The standard InChI is InChI=1S/2C66H44/c1-7-23-45(24-8-1)57-41-53(42-58(46-25-9-2-10-26-46)63(57)49-31-15-5-16-32-49)65-55-37-21-22-38-56(55)66(62-40-52-36-20-19-35-51(52)39-61(62)65)54-43-59(47-27-11-3-12-28-47)64(50-33-17-6-18-34-50)60(44-54)48-29-13-4-14-30-48;1-7-23-45(24-8-1)55-41-59(49-31-15-5-16-32-49)63(43-57(55)47-27-11-3-12-28-47)65-53-37-21-22-38-54(53)66(62-40-52-36-20-19-35-51(52)39-61(62)65)64-44-58(48-29-13-4-14-30-48)56(46-25-9-2-10-26-46)42-60(64)50-33-17-6-18-34-50/h2*1-44H. The van der Waals surface area contributed by atoms with Crippen molar-refractivity contribution in [3.63, 3.8) is 0 Å². The van der Waals surface area contributed by atoms with Crippen LogP contribution >= 0.6 is 0 Å². The van der Waals surface area contributed by atoms with E-state index < -0.39 is 0 Å². The van der Waals surface area contributed by atoms with Crippen molar-refractivity contribution in [1.82, 2.24) is 0 Å². The molecule has 24 aromatic rings. The van der Waals surface area contributed by atoms with Crippen LogP contribution in [0.4, 0.5) is 0 Å². The van der Waals surface area contributed by atoms with Gasteiger partial charge in [0.15, 0.2) is 0 Å². The molecule has 0 saturated carbocycles. The highest BCUT2D eigenvalue weighted by Crippen LogP contribution is 2.56. The summed E-state index contributed by atoms with van der Waals surface area (Å²) in [5.74, 6) is 0. The molecule has 0 heterocycles. The third-order valence-electron chi connectivity index (χ3n) is 26.5. The monoisotopic (exact) mass is 1670 g/mol. The van der Waals surface area contributed by atoms with Crippen molar-refractivity contribution in [3.8, 4) is 178 Å². The zero-order valence-electron chi connectivity index (χ0n) is 72.8. The number of benzene rings is 24. The molecule has 0 aliphatic heterocycles. The van der Waals surface area contributed by atoms with Gasteiger partial charge in [0.2, 0.25) is 0 Å². The second-order valence-electron chi connectivity index (χ2n) is 34.3. The first kappa shape index (κ1) is 79.5. The van der Waals surface area contributed by atoms with Crippen LogP contribution in [-0.4, -0.2) is 0 Å². The summed E-state index contributed by atoms with van der Waals surface area (Å²) in [6, 6.07) is 196. The molecule has 0 atom stereocenters. The molecule has 132 heavy (non-hydrogen) atoms. The predicted molar refractivity (Wildman–Crippen MR) is 565 cm³/mol. The normalized spacial score (nSPS) is 11.3. The minimum Gasteiger partial charge on any atom is -0.0622 e. The Morgan fingerprint density at radius 3 is 0.439 bits per heavy atom. The number of fused-ring (bicyclic) bond motifs is 6. The quantitative estimate of drug-likeness (QED) is 0.0846. The summed E-state index contributed by atoms with van der Waals surface area (Å²) >= 11 is 0. The summed E-state index contributed by atoms with van der Waals surface area (Å²) in [5, 5.41) is 14.6. The fourth-order valence-electron chi connectivity index (χ4n) is 20.5. The van der Waals surface area contributed by atoms with Crippen LogP contribution in [0.3, 0.4) is 0 Å². The zero-order valence-corrected chi connectivity index (χ0v) is 72.8. The Morgan fingerprint density at radius 1 is 0.0758 bits per heavy atom. The molecule has 0 nitrogen and oxygen atoms in total. The van der Waals surface area contributed by atoms with Gasteiger partial charge in [0, 0.05) is 0 Å². The lowest BCUT2D eigenvalue weighted by Crippen LogP contribution is -1.97. The summed E-state index contributed by atoms with van der Waals surface area (Å²) in [4.78, 5) is 0. The van der Waals surface area contributed by atoms with Crippen LogP contribution in [0.5, 0.6) is 0 Å². The molecule has 0 aliphatic rings. The first-order valence-corrected chi connectivity index (χ1v) is 45.7. The first-order valence-electron chi connectivity index (χ1n) is 45.7. The maximum absolute atomic E-state index is 2.48. The Kier molecular flexibility index (Phi) is 21.2. The van der Waals surface area contributed by atoms with E-state index in [4.69, 9.17) is 0 Å². The second kappa shape index (κ2) is 35.2. The predicted octanol–water partition coefficient (Wildman–Crippen LogP) is 37.0. The lowest BCUT2D eigenvalue weighted by atomic mass is 9.78. The van der Waals surface area contributed by atoms with E-state index >= 15 is 0 Å². The van der Waals surface area contributed by atoms with Gasteiger partial charge in [-0.15, -0.1) is 0 Å². The van der Waals surface area contributed by atoms with Crippen LogP contribution in [0.2, 0.25) is 0 Å². The fraction of sp³-hybridized carbons (Fsp3) is 0. The van der Waals surface area contributed by atoms with Crippen molar-refractivity contribution in [2.45, 2.75) is 0 Å². The molecule has 0 spiro atoms. The highest BCUT2D eigenvalue weighted by atomic mass is 14.3. The average Bonchev–Trinajstić information content (AvgIpc) is 0.706. The molecule has 0 bridgehead atoms. The third-order valence-corrected chi connectivity index (χ3v) is 26.5. The second-order valence-corrected chi connectivity index (χ2v) is 34.3. The average molecular weight is 1670 g/mol. The molecule has 0 N–H and O–H groups in total. The van der Waals surface area contributed by atoms with E-state index in [0.29, 0.717) is 0 Å². The number of rotatable bonds is 16. The summed E-state index contributed by atoms with van der Waals surface area (Å²) in [5.41, 5.74) is 38.5. The van der Waals surface area contributed by atoms with E-state index in [1.165, 1.54) is 243 Å². The maximum atomic E-state index is 2.48. The van der Waals surface area contributed by atoms with Crippen LogP contribution in [0, 0.1) is 0 Å². The van der Waals surface area contributed by atoms with Crippen LogP contribution in [0.25, 0.3) is 243 Å². The highest BCUT2D eigenvalue weighted by Gasteiger charge is 2.29. The minimum atomic E-state index is 1.18. The minimum absolute atomic E-state index is 1.18. The van der Waals surface area contributed by atoms with Gasteiger partial charge < -0.3 is 0 Å². The van der Waals surface area contributed by atoms with Crippen molar-refractivity contribution in [1.29, 1.82) is 0 Å². The lowest BCUT2D eigenvalue weighted by Gasteiger charge is -2.24. The van der Waals surface area contributed by atoms with Gasteiger partial charge in [0.1, 0.15) is 0 Å². The molecule has 24 rings (SSSR count). The molecule has 24 aromatic carbocycles. The molecule has 0 heteroatoms. The molecule has 0 amide bonds. The number of hydrogen-bond acceptors (Lipinski definition) is 0. The van der Waals surface area contributed by atoms with Gasteiger partial charge in [-0.2, -0.15) is 0 Å². The highest BCUT2D eigenvalue weighted by molar-refractivity contribution is 6.28. The van der Waals surface area contributed by atoms with E-state index in [1.807, 2.05) is 0 Å². The Hall–Kier alpha value is -17.2. The van der Waals surface area contributed by atoms with Gasteiger partial charge in [-0.05, 0) is 315 Å². The summed E-state index contributed by atoms with van der Waals surface area (Å²) < 4.78 is 0. The van der Waals surface area contributed by atoms with E-state index in [-0.39, 0.29) is 0 Å². The van der Waals surface area contributed by atoms with Crippen molar-refractivity contribution in [2.75, 3.05) is 0 Å². The molecular weight excluding hydrogens is 1590 g/mol. The van der Waals surface area contributed by atoms with Gasteiger partial charge in [-0.1, -0.05) is 461 Å². The Balaban J connectivity index is 0.000000150. The van der Waals surface area contributed by atoms with Crippen molar-refractivity contribution in [3.05, 3.63) is 534 Å². The molecule has 0 radical (unpaired) electrons. The molecule has 0 aliphatic carbocycles. The number of hydrogen-bond donors (Lipinski definition) is 0. The molecule has 0 fully saturated rings. The van der Waals surface area contributed by atoms with Gasteiger partial charge in [0.25, 0.3) is 0 Å². The maximum Gasteiger partial charge on any atom is -0.00197 e. The van der Waals surface area contributed by atoms with Crippen molar-refractivity contribution < 1.29 is 0 Å². The van der Waals surface area contributed by atoms with Crippen LogP contribution in [0.15, 0.2) is 534 Å². The smallest absolute Gasteiger partial charge is 0.00197 e. The molecule has 0 unspecified atom stereocenters. The molecular formula is C132H88.